The molecule has 27 heavy (non-hydrogen) atoms. The van der Waals surface area contributed by atoms with E-state index in [-0.39, 0.29) is 5.75 Å². The number of esters is 1. The molecule has 10 heteroatoms. The summed E-state index contributed by atoms with van der Waals surface area (Å²) in [6.07, 6.45) is 0. The normalized spacial score (nSPS) is 10.9. The number of thioether (sulfide) groups is 2. The Bertz CT molecular complexity index is 1010. The molecule has 1 amide bonds. The summed E-state index contributed by atoms with van der Waals surface area (Å²) >= 11 is 4.06. The molecule has 0 aliphatic rings. The topological polar surface area (TPSA) is 108 Å². The van der Waals surface area contributed by atoms with Crippen LogP contribution < -0.4 is 5.73 Å². The molecule has 1 aromatic carbocycles. The van der Waals surface area contributed by atoms with Gasteiger partial charge in [-0.25, -0.2) is 4.79 Å². The van der Waals surface area contributed by atoms with Crippen LogP contribution in [0.2, 0.25) is 0 Å². The standard InChI is InChI=1S/C17H16N4O3S3/c1-9-10-5-3-4-6-11(10)19-12(14(9)15(23)24-2)7-25-16-20-21-17(27-16)26-8-13(18)22/h3-6H,7-8H2,1-2H3,(H2,18,22). The van der Waals surface area contributed by atoms with E-state index in [2.05, 4.69) is 15.2 Å². The lowest BCUT2D eigenvalue weighted by Crippen LogP contribution is -2.12. The Kier molecular flexibility index (Phi) is 6.30. The van der Waals surface area contributed by atoms with Gasteiger partial charge in [-0.15, -0.1) is 10.2 Å². The smallest absolute Gasteiger partial charge is 0.340 e. The lowest BCUT2D eigenvalue weighted by Gasteiger charge is -2.12. The maximum atomic E-state index is 12.3. The first-order valence-electron chi connectivity index (χ1n) is 7.83. The maximum absolute atomic E-state index is 12.3. The Labute approximate surface area is 168 Å². The van der Waals surface area contributed by atoms with Crippen molar-refractivity contribution in [3.05, 3.63) is 41.1 Å². The molecular weight excluding hydrogens is 404 g/mol. The van der Waals surface area contributed by atoms with Crippen LogP contribution in [0.15, 0.2) is 32.9 Å². The summed E-state index contributed by atoms with van der Waals surface area (Å²) in [5.41, 5.74) is 7.94. The van der Waals surface area contributed by atoms with Crippen molar-refractivity contribution in [2.45, 2.75) is 21.4 Å². The molecule has 0 aliphatic heterocycles. The molecule has 2 heterocycles. The Morgan fingerprint density at radius 1 is 1.19 bits per heavy atom. The number of ether oxygens (including phenoxy) is 1. The predicted molar refractivity (Wildman–Crippen MR) is 107 cm³/mol. The van der Waals surface area contributed by atoms with Crippen molar-refractivity contribution in [1.29, 1.82) is 0 Å². The van der Waals surface area contributed by atoms with Crippen molar-refractivity contribution in [3.63, 3.8) is 0 Å². The lowest BCUT2D eigenvalue weighted by atomic mass is 10.0. The van der Waals surface area contributed by atoms with E-state index in [1.165, 1.54) is 42.0 Å². The highest BCUT2D eigenvalue weighted by atomic mass is 32.2. The van der Waals surface area contributed by atoms with Crippen LogP contribution in [-0.4, -0.2) is 39.9 Å². The van der Waals surface area contributed by atoms with Gasteiger partial charge in [-0.05, 0) is 18.6 Å². The third-order valence-corrected chi connectivity index (χ3v) is 6.90. The number of carbonyl (C=O) groups excluding carboxylic acids is 2. The minimum atomic E-state index is -0.406. The first-order chi connectivity index (χ1) is 13.0. The van der Waals surface area contributed by atoms with Gasteiger partial charge in [-0.2, -0.15) is 0 Å². The number of nitrogens with two attached hydrogens (primary N) is 1. The summed E-state index contributed by atoms with van der Waals surface area (Å²) in [4.78, 5) is 27.8. The van der Waals surface area contributed by atoms with Gasteiger partial charge in [0.05, 0.1) is 29.6 Å². The summed E-state index contributed by atoms with van der Waals surface area (Å²) in [5, 5.41) is 9.06. The molecule has 2 N–H and O–H groups in total. The van der Waals surface area contributed by atoms with Gasteiger partial charge in [0.15, 0.2) is 8.68 Å². The molecule has 0 fully saturated rings. The quantitative estimate of drug-likeness (QED) is 0.459. The second-order valence-corrected chi connectivity index (χ2v) is 8.87. The van der Waals surface area contributed by atoms with Crippen LogP contribution in [0, 0.1) is 6.92 Å². The van der Waals surface area contributed by atoms with Crippen molar-refractivity contribution >= 4 is 57.6 Å². The minimum absolute atomic E-state index is 0.164. The highest BCUT2D eigenvalue weighted by molar-refractivity contribution is 8.03. The monoisotopic (exact) mass is 420 g/mol. The fourth-order valence-electron chi connectivity index (χ4n) is 2.49. The highest BCUT2D eigenvalue weighted by Gasteiger charge is 2.20. The van der Waals surface area contributed by atoms with E-state index < -0.39 is 11.9 Å². The third kappa shape index (κ3) is 4.57. The largest absolute Gasteiger partial charge is 0.465 e. The number of nitrogens with zero attached hydrogens (tertiary/aromatic N) is 3. The molecule has 0 radical (unpaired) electrons. The SMILES string of the molecule is COC(=O)c1c(CSc2nnc(SCC(N)=O)s2)nc2ccccc2c1C. The average Bonchev–Trinajstić information content (AvgIpc) is 3.12. The fraction of sp³-hybridized carbons (Fsp3) is 0.235. The first-order valence-corrected chi connectivity index (χ1v) is 10.6. The van der Waals surface area contributed by atoms with E-state index in [4.69, 9.17) is 10.5 Å². The van der Waals surface area contributed by atoms with E-state index in [0.717, 1.165) is 20.8 Å². The Hall–Kier alpha value is -2.17. The molecule has 0 saturated heterocycles. The molecule has 140 valence electrons. The van der Waals surface area contributed by atoms with Gasteiger partial charge >= 0.3 is 5.97 Å². The van der Waals surface area contributed by atoms with Gasteiger partial charge in [0, 0.05) is 11.1 Å². The number of aryl methyl sites for hydroxylation is 1. The molecule has 3 rings (SSSR count). The highest BCUT2D eigenvalue weighted by Crippen LogP contribution is 2.32. The number of para-hydroxylation sites is 1. The van der Waals surface area contributed by atoms with Crippen molar-refractivity contribution in [2.75, 3.05) is 12.9 Å². The van der Waals surface area contributed by atoms with Gasteiger partial charge in [0.2, 0.25) is 5.91 Å². The van der Waals surface area contributed by atoms with Gasteiger partial charge in [0.1, 0.15) is 0 Å². The van der Waals surface area contributed by atoms with Crippen LogP contribution in [-0.2, 0) is 15.3 Å². The van der Waals surface area contributed by atoms with Crippen LogP contribution in [0.1, 0.15) is 21.6 Å². The third-order valence-electron chi connectivity index (χ3n) is 3.67. The van der Waals surface area contributed by atoms with E-state index in [0.29, 0.717) is 21.3 Å². The van der Waals surface area contributed by atoms with Crippen LogP contribution in [0.3, 0.4) is 0 Å². The Morgan fingerprint density at radius 2 is 1.89 bits per heavy atom. The second-order valence-electron chi connectivity index (χ2n) is 5.44. The number of hydrogen-bond acceptors (Lipinski definition) is 9. The first kappa shape index (κ1) is 19.6. The van der Waals surface area contributed by atoms with Crippen LogP contribution in [0.5, 0.6) is 0 Å². The number of aromatic nitrogens is 3. The zero-order valence-electron chi connectivity index (χ0n) is 14.6. The number of carbonyl (C=O) groups is 2. The molecule has 2 aromatic heterocycles. The number of benzene rings is 1. The summed E-state index contributed by atoms with van der Waals surface area (Å²) < 4.78 is 6.36. The molecule has 3 aromatic rings. The fourth-order valence-corrected chi connectivity index (χ4v) is 5.20. The average molecular weight is 421 g/mol. The van der Waals surface area contributed by atoms with Crippen LogP contribution in [0.25, 0.3) is 10.9 Å². The number of fused-ring (bicyclic) bond motifs is 1. The Morgan fingerprint density at radius 3 is 2.59 bits per heavy atom. The number of primary amides is 1. The number of amides is 1. The molecule has 7 nitrogen and oxygen atoms in total. The van der Waals surface area contributed by atoms with Crippen molar-refractivity contribution in [1.82, 2.24) is 15.2 Å². The van der Waals surface area contributed by atoms with Crippen molar-refractivity contribution < 1.29 is 14.3 Å². The summed E-state index contributed by atoms with van der Waals surface area (Å²) in [5.74, 6) is -0.193. The molecule has 0 bridgehead atoms. The van der Waals surface area contributed by atoms with Crippen LogP contribution in [0.4, 0.5) is 0 Å². The molecule has 0 spiro atoms. The van der Waals surface area contributed by atoms with Gasteiger partial charge in [0.25, 0.3) is 0 Å². The summed E-state index contributed by atoms with van der Waals surface area (Å²) in [7, 11) is 1.36. The predicted octanol–water partition coefficient (Wildman–Crippen LogP) is 3.05. The maximum Gasteiger partial charge on any atom is 0.340 e. The number of pyridine rings is 1. The van der Waals surface area contributed by atoms with Crippen LogP contribution >= 0.6 is 34.9 Å². The second kappa shape index (κ2) is 8.68. The van der Waals surface area contributed by atoms with Gasteiger partial charge in [-0.1, -0.05) is 53.1 Å². The molecule has 0 aliphatic carbocycles. The van der Waals surface area contributed by atoms with E-state index in [9.17, 15) is 9.59 Å². The lowest BCUT2D eigenvalue weighted by molar-refractivity contribution is -0.115. The minimum Gasteiger partial charge on any atom is -0.465 e. The van der Waals surface area contributed by atoms with E-state index >= 15 is 0 Å². The number of rotatable bonds is 7. The van der Waals surface area contributed by atoms with Crippen molar-refractivity contribution in [3.8, 4) is 0 Å². The summed E-state index contributed by atoms with van der Waals surface area (Å²) in [6, 6.07) is 7.69. The molecule has 0 unspecified atom stereocenters. The van der Waals surface area contributed by atoms with E-state index in [1.807, 2.05) is 31.2 Å². The van der Waals surface area contributed by atoms with E-state index in [1.54, 1.807) is 0 Å². The van der Waals surface area contributed by atoms with Gasteiger partial charge in [-0.3, -0.25) is 9.78 Å². The number of methoxy groups -OCH3 is 1. The zero-order chi connectivity index (χ0) is 19.4. The number of hydrogen-bond donors (Lipinski definition) is 1. The van der Waals surface area contributed by atoms with Gasteiger partial charge < -0.3 is 10.5 Å². The Balaban J connectivity index is 1.85. The summed E-state index contributed by atoms with van der Waals surface area (Å²) in [6.45, 7) is 1.90. The molecule has 0 atom stereocenters. The molecule has 0 saturated carbocycles. The van der Waals surface area contributed by atoms with Crippen molar-refractivity contribution in [2.24, 2.45) is 5.73 Å². The molecular formula is C17H16N4O3S3. The zero-order valence-corrected chi connectivity index (χ0v) is 17.0.